The fourth-order valence-corrected chi connectivity index (χ4v) is 15.7. The Morgan fingerprint density at radius 1 is 0.176 bits per heavy atom. The molecular weight excluding hydrogens is 987 g/mol. The minimum absolute atomic E-state index is 1.21. The van der Waals surface area contributed by atoms with Crippen LogP contribution in [0.3, 0.4) is 0 Å². The molecule has 0 aromatic heterocycles. The van der Waals surface area contributed by atoms with Crippen molar-refractivity contribution >= 4 is 449 Å². The molecule has 10 aromatic rings. The molecule has 1 nitrogen and oxygen atoms in total. The monoisotopic (exact) mass is 1060 g/mol. The summed E-state index contributed by atoms with van der Waals surface area (Å²) < 4.78 is 0. The Morgan fingerprint density at radius 2 is 0.541 bits per heavy atom. The van der Waals surface area contributed by atoms with Crippen LogP contribution in [0, 0.1) is 0 Å². The summed E-state index contributed by atoms with van der Waals surface area (Å²) in [7, 11) is 70.6. The van der Waals surface area contributed by atoms with Gasteiger partial charge in [-0.15, -0.1) is 54.6 Å². The van der Waals surface area contributed by atoms with Crippen molar-refractivity contribution in [3.8, 4) is 44.5 Å². The molecule has 0 aliphatic rings. The van der Waals surface area contributed by atoms with Gasteiger partial charge < -0.3 is 4.90 Å². The first kappa shape index (κ1) is 62.8. The van der Waals surface area contributed by atoms with Crippen LogP contribution in [-0.4, -0.2) is 235 Å². The third kappa shape index (κ3) is 9.26. The minimum atomic E-state index is 1.21. The first-order valence-corrected chi connectivity index (χ1v) is 31.5. The van der Waals surface area contributed by atoms with Gasteiger partial charge in [-0.25, -0.2) is 0 Å². The maximum atomic E-state index is 2.69. The van der Waals surface area contributed by atoms with Crippen molar-refractivity contribution in [1.29, 1.82) is 0 Å². The molecule has 0 fully saturated rings. The van der Waals surface area contributed by atoms with Crippen LogP contribution in [0.1, 0.15) is 0 Å². The molecule has 31 heteroatoms. The quantitative estimate of drug-likeness (QED) is 0.114. The summed E-state index contributed by atoms with van der Waals surface area (Å²) in [5.41, 5.74) is 55.1. The average Bonchev–Trinajstić information content (AvgIpc) is 0.775. The molecule has 0 heterocycles. The van der Waals surface area contributed by atoms with E-state index in [0.29, 0.717) is 0 Å². The number of fused-ring (bicyclic) bond motifs is 4. The highest BCUT2D eigenvalue weighted by Gasteiger charge is 2.30. The molecular formula is C54H67B30N. The number of hydrogen-bond donors (Lipinski definition) is 0. The van der Waals surface area contributed by atoms with E-state index in [1.54, 1.807) is 0 Å². The Bertz CT molecular complexity index is 4720. The zero-order valence-electron chi connectivity index (χ0n) is 58.0. The van der Waals surface area contributed by atoms with E-state index in [-0.39, 0.29) is 0 Å². The normalized spacial score (nSPS) is 11.5. The van der Waals surface area contributed by atoms with Crippen LogP contribution in [0.4, 0.5) is 17.1 Å². The summed E-state index contributed by atoms with van der Waals surface area (Å²) in [5.74, 6) is 0. The Labute approximate surface area is 536 Å². The fourth-order valence-electron chi connectivity index (χ4n) is 15.7. The summed E-state index contributed by atoms with van der Waals surface area (Å²) in [6.45, 7) is 0. The van der Waals surface area contributed by atoms with Gasteiger partial charge in [-0.05, 0) is 95.0 Å². The molecule has 0 saturated heterocycles. The standard InChI is InChI=1S/C54H67B30N/c55-13-7-19(37(67)42(72)24(13)22-11-4-15(57)32(62)40(70)23(11)26-27(38(22)68)45(75)53(83)52(82)44(26)74)85(17-2-1-8(29(59)35(17)65)21-25-28(46(76)50(80)41(21)71)47(77)54(84)51(81)43(25)73)18-6-9(10-3-14(56)33(63)48(78)30(10)60)20(39(69)36(18)66)12-5-16(58)34(64)49(79)31(12)61/h1-7H,55-84H2. The Kier molecular flexibility index (Phi) is 16.5. The summed E-state index contributed by atoms with van der Waals surface area (Å²) in [6.07, 6.45) is 0. The summed E-state index contributed by atoms with van der Waals surface area (Å²) >= 11 is 0. The maximum Gasteiger partial charge on any atom is 0.141 e. The van der Waals surface area contributed by atoms with Crippen molar-refractivity contribution < 1.29 is 0 Å². The van der Waals surface area contributed by atoms with Crippen molar-refractivity contribution in [2.75, 3.05) is 4.90 Å². The van der Waals surface area contributed by atoms with E-state index >= 15 is 0 Å². The van der Waals surface area contributed by atoms with E-state index in [9.17, 15) is 0 Å². The zero-order chi connectivity index (χ0) is 62.7. The second-order valence-corrected chi connectivity index (χ2v) is 27.0. The van der Waals surface area contributed by atoms with E-state index in [1.807, 2.05) is 0 Å². The van der Waals surface area contributed by atoms with Crippen molar-refractivity contribution in [3.05, 3.63) is 42.5 Å². The van der Waals surface area contributed by atoms with Crippen LogP contribution in [0.2, 0.25) is 0 Å². The van der Waals surface area contributed by atoms with Crippen molar-refractivity contribution in [1.82, 2.24) is 0 Å². The van der Waals surface area contributed by atoms with Crippen LogP contribution >= 0.6 is 0 Å². The first-order valence-electron chi connectivity index (χ1n) is 31.5. The molecule has 10 aromatic carbocycles. The predicted octanol–water partition coefficient (Wildman–Crippen LogP) is -37.0. The number of nitrogens with zero attached hydrogens (tertiary/aromatic N) is 1. The number of hydrogen-bond acceptors (Lipinski definition) is 1. The molecule has 0 aliphatic heterocycles. The Hall–Kier alpha value is -5.27. The molecule has 0 saturated carbocycles. The lowest BCUT2D eigenvalue weighted by Crippen LogP contribution is -2.52. The van der Waals surface area contributed by atoms with Crippen molar-refractivity contribution in [2.24, 2.45) is 0 Å². The molecule has 0 atom stereocenters. The van der Waals surface area contributed by atoms with Gasteiger partial charge in [0, 0.05) is 17.1 Å². The lowest BCUT2D eigenvalue weighted by molar-refractivity contribution is 1.33. The Balaban J connectivity index is 1.37. The van der Waals surface area contributed by atoms with E-state index in [0.717, 1.165) is 0 Å². The van der Waals surface area contributed by atoms with Gasteiger partial charge in [-0.3, -0.25) is 0 Å². The number of anilines is 3. The molecule has 378 valence electrons. The lowest BCUT2D eigenvalue weighted by Gasteiger charge is -2.36. The van der Waals surface area contributed by atoms with Crippen LogP contribution in [-0.2, 0) is 0 Å². The fraction of sp³-hybridized carbons (Fsp3) is 0. The molecule has 0 spiro atoms. The Morgan fingerprint density at radius 3 is 1.08 bits per heavy atom. The second-order valence-electron chi connectivity index (χ2n) is 27.0. The van der Waals surface area contributed by atoms with Crippen molar-refractivity contribution in [2.45, 2.75) is 0 Å². The molecule has 0 N–H and O–H groups in total. The molecule has 0 amide bonds. The molecule has 0 aliphatic carbocycles. The SMILES string of the molecule is Bc1cc(-c2cc(N(c3ccc(-c4c(B)c(B)c(B)c5c(B)c(B)c(B)c(B)c45)c(B)c3B)c3cc(B)c(-c4c(B)c5c(B)c(B)c(B)c(B)c5c5c(B)c(B)c(B)cc45)c(B)c3B)c(B)c(B)c2-c2cc(B)c(B)c(B)c2B)c(B)c(B)c1B. The van der Waals surface area contributed by atoms with Gasteiger partial charge in [0.1, 0.15) is 235 Å². The third-order valence-corrected chi connectivity index (χ3v) is 23.4. The van der Waals surface area contributed by atoms with Crippen molar-refractivity contribution in [3.63, 3.8) is 0 Å². The van der Waals surface area contributed by atoms with Gasteiger partial charge in [0.05, 0.1) is 0 Å². The smallest absolute Gasteiger partial charge is 0.141 e. The van der Waals surface area contributed by atoms with Gasteiger partial charge in [-0.2, -0.15) is 0 Å². The van der Waals surface area contributed by atoms with Gasteiger partial charge in [0.15, 0.2) is 0 Å². The largest absolute Gasteiger partial charge is 0.312 e. The van der Waals surface area contributed by atoms with E-state index in [1.165, 1.54) is 258 Å². The highest BCUT2D eigenvalue weighted by molar-refractivity contribution is 6.75. The third-order valence-electron chi connectivity index (χ3n) is 23.4. The first-order chi connectivity index (χ1) is 39.7. The van der Waals surface area contributed by atoms with Crippen LogP contribution in [0.5, 0.6) is 0 Å². The van der Waals surface area contributed by atoms with Gasteiger partial charge in [0.2, 0.25) is 0 Å². The van der Waals surface area contributed by atoms with Crippen LogP contribution in [0.25, 0.3) is 76.8 Å². The second kappa shape index (κ2) is 22.4. The van der Waals surface area contributed by atoms with E-state index in [4.69, 9.17) is 0 Å². The van der Waals surface area contributed by atoms with E-state index in [2.05, 4.69) is 283 Å². The average molecular weight is 1050 g/mol. The maximum absolute atomic E-state index is 2.69. The van der Waals surface area contributed by atoms with Crippen LogP contribution < -0.4 is 169 Å². The minimum Gasteiger partial charge on any atom is -0.312 e. The summed E-state index contributed by atoms with van der Waals surface area (Å²) in [5, 5.41) is 8.42. The summed E-state index contributed by atoms with van der Waals surface area (Å²) in [4.78, 5) is 2.69. The van der Waals surface area contributed by atoms with Gasteiger partial charge >= 0.3 is 0 Å². The zero-order valence-corrected chi connectivity index (χ0v) is 58.0. The molecule has 85 heavy (non-hydrogen) atoms. The number of benzene rings is 10. The molecule has 0 radical (unpaired) electrons. The van der Waals surface area contributed by atoms with Gasteiger partial charge in [0.25, 0.3) is 0 Å². The molecule has 0 unspecified atom stereocenters. The van der Waals surface area contributed by atoms with Crippen LogP contribution in [0.15, 0.2) is 42.5 Å². The van der Waals surface area contributed by atoms with Gasteiger partial charge in [-0.1, -0.05) is 134 Å². The highest BCUT2D eigenvalue weighted by Crippen LogP contribution is 2.38. The topological polar surface area (TPSA) is 3.24 Å². The highest BCUT2D eigenvalue weighted by atomic mass is 15.1. The summed E-state index contributed by atoms with van der Waals surface area (Å²) in [6, 6.07) is 17.6. The predicted molar refractivity (Wildman–Crippen MR) is 481 cm³/mol. The lowest BCUT2D eigenvalue weighted by atomic mass is 9.58. The molecule has 10 rings (SSSR count). The van der Waals surface area contributed by atoms with E-state index < -0.39 is 0 Å². The number of rotatable bonds is 7. The molecule has 0 bridgehead atoms.